The van der Waals surface area contributed by atoms with Gasteiger partial charge in [0.15, 0.2) is 0 Å². The van der Waals surface area contributed by atoms with E-state index in [9.17, 15) is 8.78 Å². The second-order valence-electron chi connectivity index (χ2n) is 6.36. The molecule has 0 amide bonds. The summed E-state index contributed by atoms with van der Waals surface area (Å²) in [5.74, 6) is 0.783. The monoisotopic (exact) mass is 378 g/mol. The van der Waals surface area contributed by atoms with E-state index in [0.29, 0.717) is 48.4 Å². The van der Waals surface area contributed by atoms with Crippen molar-refractivity contribution in [2.24, 2.45) is 5.73 Å². The molecule has 0 bridgehead atoms. The van der Waals surface area contributed by atoms with E-state index in [2.05, 4.69) is 15.0 Å². The first-order chi connectivity index (χ1) is 12.5. The molecular formula is C17H17ClF2N6. The van der Waals surface area contributed by atoms with E-state index in [-0.39, 0.29) is 5.82 Å². The molecule has 0 radical (unpaired) electrons. The maximum atomic E-state index is 13.7. The van der Waals surface area contributed by atoms with E-state index in [4.69, 9.17) is 17.3 Å². The van der Waals surface area contributed by atoms with E-state index in [1.807, 2.05) is 9.47 Å². The number of fused-ring (bicyclic) bond motifs is 1. The predicted molar refractivity (Wildman–Crippen MR) is 95.5 cm³/mol. The summed E-state index contributed by atoms with van der Waals surface area (Å²) in [6, 6.07) is 3.84. The van der Waals surface area contributed by atoms with Gasteiger partial charge in [-0.05, 0) is 18.6 Å². The summed E-state index contributed by atoms with van der Waals surface area (Å²) >= 11 is 5.85. The number of halogens is 3. The molecule has 2 N–H and O–H groups in total. The minimum Gasteiger partial charge on any atom is -0.340 e. The van der Waals surface area contributed by atoms with Crippen LogP contribution < -0.4 is 10.6 Å². The van der Waals surface area contributed by atoms with Crippen LogP contribution in [0.2, 0.25) is 5.02 Å². The number of benzene rings is 1. The number of aromatic nitrogens is 4. The summed E-state index contributed by atoms with van der Waals surface area (Å²) < 4.78 is 29.3. The average Bonchev–Trinajstić information content (AvgIpc) is 2.97. The van der Waals surface area contributed by atoms with Crippen LogP contribution in [-0.2, 0) is 6.54 Å². The second-order valence-corrected chi connectivity index (χ2v) is 6.80. The quantitative estimate of drug-likeness (QED) is 0.758. The van der Waals surface area contributed by atoms with Gasteiger partial charge in [0.2, 0.25) is 5.95 Å². The van der Waals surface area contributed by atoms with Crippen molar-refractivity contribution in [3.05, 3.63) is 47.3 Å². The van der Waals surface area contributed by atoms with Crippen molar-refractivity contribution in [1.82, 2.24) is 19.5 Å². The van der Waals surface area contributed by atoms with Crippen LogP contribution in [0.3, 0.4) is 0 Å². The third kappa shape index (κ3) is 3.22. The molecule has 26 heavy (non-hydrogen) atoms. The Kier molecular flexibility index (Phi) is 4.46. The zero-order valence-corrected chi connectivity index (χ0v) is 14.6. The van der Waals surface area contributed by atoms with Gasteiger partial charge < -0.3 is 15.2 Å². The molecule has 1 saturated heterocycles. The number of nitrogens with two attached hydrogens (primary N) is 1. The van der Waals surface area contributed by atoms with Crippen LogP contribution in [-0.4, -0.2) is 44.8 Å². The van der Waals surface area contributed by atoms with E-state index < -0.39 is 12.2 Å². The third-order valence-corrected chi connectivity index (χ3v) is 4.71. The summed E-state index contributed by atoms with van der Waals surface area (Å²) in [6.45, 7) is 1.16. The number of imidazole rings is 1. The lowest BCUT2D eigenvalue weighted by molar-refractivity contribution is 0.243. The molecule has 2 atom stereocenters. The summed E-state index contributed by atoms with van der Waals surface area (Å²) in [7, 11) is 0. The number of rotatable bonds is 3. The fraction of sp³-hybridized carbons (Fsp3) is 0.353. The van der Waals surface area contributed by atoms with Gasteiger partial charge in [0.25, 0.3) is 0 Å². The van der Waals surface area contributed by atoms with Crippen LogP contribution >= 0.6 is 11.6 Å². The summed E-state index contributed by atoms with van der Waals surface area (Å²) in [5, 5.41) is 0.447. The third-order valence-electron chi connectivity index (χ3n) is 4.52. The second kappa shape index (κ2) is 6.77. The molecule has 0 saturated carbocycles. The van der Waals surface area contributed by atoms with Gasteiger partial charge in [-0.3, -0.25) is 0 Å². The molecular weight excluding hydrogens is 362 g/mol. The highest BCUT2D eigenvalue weighted by Gasteiger charge is 2.29. The van der Waals surface area contributed by atoms with Crippen LogP contribution in [0.4, 0.5) is 14.7 Å². The summed E-state index contributed by atoms with van der Waals surface area (Å²) in [6.07, 6.45) is 2.34. The van der Waals surface area contributed by atoms with Crippen molar-refractivity contribution in [2.75, 3.05) is 18.0 Å². The van der Waals surface area contributed by atoms with Crippen LogP contribution in [0.5, 0.6) is 0 Å². The Balaban J connectivity index is 1.76. The van der Waals surface area contributed by atoms with E-state index in [1.165, 1.54) is 24.5 Å². The number of alkyl halides is 1. The highest BCUT2D eigenvalue weighted by Crippen LogP contribution is 2.27. The van der Waals surface area contributed by atoms with Crippen molar-refractivity contribution in [2.45, 2.75) is 25.2 Å². The van der Waals surface area contributed by atoms with Crippen LogP contribution in [0, 0.1) is 5.82 Å². The smallest absolute Gasteiger partial charge is 0.207 e. The fourth-order valence-electron chi connectivity index (χ4n) is 3.18. The molecule has 136 valence electrons. The fourth-order valence-corrected chi connectivity index (χ4v) is 3.28. The van der Waals surface area contributed by atoms with Gasteiger partial charge >= 0.3 is 0 Å². The zero-order valence-electron chi connectivity index (χ0n) is 13.8. The molecule has 1 aromatic carbocycles. The molecule has 6 nitrogen and oxygen atoms in total. The number of anilines is 1. The van der Waals surface area contributed by atoms with Gasteiger partial charge in [-0.25, -0.2) is 23.7 Å². The highest BCUT2D eigenvalue weighted by molar-refractivity contribution is 6.30. The van der Waals surface area contributed by atoms with E-state index in [0.717, 1.165) is 5.52 Å². The van der Waals surface area contributed by atoms with Gasteiger partial charge in [-0.15, -0.1) is 0 Å². The Morgan fingerprint density at radius 1 is 1.27 bits per heavy atom. The Labute approximate surface area is 153 Å². The van der Waals surface area contributed by atoms with Crippen molar-refractivity contribution in [1.29, 1.82) is 0 Å². The molecule has 3 aromatic rings. The molecule has 4 rings (SSSR count). The maximum Gasteiger partial charge on any atom is 0.207 e. The van der Waals surface area contributed by atoms with E-state index in [1.54, 1.807) is 6.07 Å². The van der Waals surface area contributed by atoms with Crippen LogP contribution in [0.25, 0.3) is 11.0 Å². The molecule has 1 fully saturated rings. The molecule has 3 heterocycles. The lowest BCUT2D eigenvalue weighted by atomic mass is 10.1. The van der Waals surface area contributed by atoms with Crippen molar-refractivity contribution < 1.29 is 8.78 Å². The van der Waals surface area contributed by atoms with Crippen molar-refractivity contribution >= 4 is 28.6 Å². The van der Waals surface area contributed by atoms with Gasteiger partial charge in [-0.1, -0.05) is 11.6 Å². The van der Waals surface area contributed by atoms with Crippen LogP contribution in [0.1, 0.15) is 12.2 Å². The minimum atomic E-state index is -1.03. The lowest BCUT2D eigenvalue weighted by Gasteiger charge is -2.34. The Hall–Kier alpha value is -2.32. The molecule has 9 heteroatoms. The molecule has 2 aromatic heterocycles. The Morgan fingerprint density at radius 2 is 2.04 bits per heavy atom. The van der Waals surface area contributed by atoms with Crippen LogP contribution in [0.15, 0.2) is 30.6 Å². The average molecular weight is 379 g/mol. The number of nitrogens with zero attached hydrogens (tertiary/aromatic N) is 5. The number of piperidine rings is 1. The normalized spacial score (nSPS) is 20.7. The first kappa shape index (κ1) is 17.1. The first-order valence-electron chi connectivity index (χ1n) is 8.28. The first-order valence-corrected chi connectivity index (χ1v) is 8.66. The van der Waals surface area contributed by atoms with Gasteiger partial charge in [0, 0.05) is 31.5 Å². The topological polar surface area (TPSA) is 72.9 Å². The SMILES string of the molecule is N[C@@H]1CN(c2nc3cc(F)ccc3n2Cc2ncc(Cl)cn2)CC[C@H]1F. The standard InChI is InChI=1S/C17H17ClF2N6/c18-10-6-22-16(23-7-10)9-26-15-2-1-11(19)5-14(15)24-17(26)25-4-3-12(20)13(21)8-25/h1-2,5-7,12-13H,3-4,8-9,21H2/t12-,13-/m1/s1. The highest BCUT2D eigenvalue weighted by atomic mass is 35.5. The Morgan fingerprint density at radius 3 is 2.77 bits per heavy atom. The summed E-state index contributed by atoms with van der Waals surface area (Å²) in [4.78, 5) is 14.9. The van der Waals surface area contributed by atoms with Gasteiger partial charge in [0.05, 0.1) is 28.6 Å². The zero-order chi connectivity index (χ0) is 18.3. The number of hydrogen-bond donors (Lipinski definition) is 1. The molecule has 1 aliphatic rings. The van der Waals surface area contributed by atoms with Crippen molar-refractivity contribution in [3.63, 3.8) is 0 Å². The molecule has 1 aliphatic heterocycles. The summed E-state index contributed by atoms with van der Waals surface area (Å²) in [5.41, 5.74) is 7.16. The molecule has 0 unspecified atom stereocenters. The van der Waals surface area contributed by atoms with Crippen molar-refractivity contribution in [3.8, 4) is 0 Å². The van der Waals surface area contributed by atoms with Gasteiger partial charge in [-0.2, -0.15) is 0 Å². The maximum absolute atomic E-state index is 13.7. The van der Waals surface area contributed by atoms with E-state index >= 15 is 0 Å². The Bertz CT molecular complexity index is 929. The lowest BCUT2D eigenvalue weighted by Crippen LogP contribution is -2.50. The minimum absolute atomic E-state index is 0.330. The molecule has 0 aliphatic carbocycles. The van der Waals surface area contributed by atoms with Gasteiger partial charge in [0.1, 0.15) is 17.8 Å². The molecule has 0 spiro atoms. The number of hydrogen-bond acceptors (Lipinski definition) is 5. The predicted octanol–water partition coefficient (Wildman–Crippen LogP) is 2.54. The largest absolute Gasteiger partial charge is 0.340 e.